The summed E-state index contributed by atoms with van der Waals surface area (Å²) in [7, 11) is 0. The fraction of sp³-hybridized carbons (Fsp3) is 0.783. The van der Waals surface area contributed by atoms with Gasteiger partial charge in [0.15, 0.2) is 0 Å². The number of carboxylic acid groups (broad SMARTS) is 2. The Morgan fingerprint density at radius 1 is 0.939 bits per heavy atom. The van der Waals surface area contributed by atoms with E-state index >= 15 is 0 Å². The van der Waals surface area contributed by atoms with E-state index in [1.165, 1.54) is 0 Å². The highest BCUT2D eigenvalue weighted by atomic mass is 16.5. The zero-order valence-corrected chi connectivity index (χ0v) is 19.5. The molecule has 1 rings (SSSR count). The fourth-order valence-corrected chi connectivity index (χ4v) is 3.96. The molecule has 1 unspecified atom stereocenters. The molecular formula is C23H38N2O8. The largest absolute Gasteiger partial charge is 0.481 e. The van der Waals surface area contributed by atoms with Crippen LogP contribution in [0.25, 0.3) is 0 Å². The van der Waals surface area contributed by atoms with Gasteiger partial charge in [0.2, 0.25) is 11.8 Å². The predicted molar refractivity (Wildman–Crippen MR) is 119 cm³/mol. The van der Waals surface area contributed by atoms with Crippen LogP contribution in [0.4, 0.5) is 0 Å². The van der Waals surface area contributed by atoms with Crippen molar-refractivity contribution in [1.29, 1.82) is 0 Å². The number of hydrogen-bond acceptors (Lipinski definition) is 6. The third-order valence-electron chi connectivity index (χ3n) is 5.97. The van der Waals surface area contributed by atoms with Gasteiger partial charge in [0.25, 0.3) is 0 Å². The molecule has 188 valence electrons. The topological polar surface area (TPSA) is 159 Å². The van der Waals surface area contributed by atoms with Gasteiger partial charge in [0.05, 0.1) is 12.5 Å². The van der Waals surface area contributed by atoms with Crippen molar-refractivity contribution in [2.45, 2.75) is 71.1 Å². The van der Waals surface area contributed by atoms with Gasteiger partial charge in [-0.1, -0.05) is 0 Å². The number of hydrogen-bond donors (Lipinski definition) is 4. The molecule has 2 amide bonds. The first-order valence-corrected chi connectivity index (χ1v) is 11.8. The molecule has 1 aliphatic carbocycles. The highest BCUT2D eigenvalue weighted by Gasteiger charge is 2.30. The Hall–Kier alpha value is -2.49. The van der Waals surface area contributed by atoms with Gasteiger partial charge in [-0.25, -0.2) is 0 Å². The van der Waals surface area contributed by atoms with Gasteiger partial charge in [0, 0.05) is 51.3 Å². The van der Waals surface area contributed by atoms with E-state index in [0.717, 1.165) is 12.8 Å². The van der Waals surface area contributed by atoms with Crippen molar-refractivity contribution >= 4 is 29.5 Å². The second-order valence-electron chi connectivity index (χ2n) is 8.56. The van der Waals surface area contributed by atoms with Crippen LogP contribution in [0.15, 0.2) is 0 Å². The molecule has 10 nitrogen and oxygen atoms in total. The van der Waals surface area contributed by atoms with Crippen LogP contribution in [0.3, 0.4) is 0 Å². The third kappa shape index (κ3) is 13.0. The molecule has 4 N–H and O–H groups in total. The van der Waals surface area contributed by atoms with E-state index in [9.17, 15) is 29.1 Å². The number of aliphatic carboxylic acids is 2. The summed E-state index contributed by atoms with van der Waals surface area (Å²) in [6.45, 7) is 3.69. The second-order valence-corrected chi connectivity index (χ2v) is 8.56. The Morgan fingerprint density at radius 3 is 2.21 bits per heavy atom. The monoisotopic (exact) mass is 470 g/mol. The van der Waals surface area contributed by atoms with Gasteiger partial charge >= 0.3 is 11.9 Å². The molecule has 0 aromatic carbocycles. The molecule has 0 heterocycles. The van der Waals surface area contributed by atoms with Crippen LogP contribution in [0.5, 0.6) is 0 Å². The number of ketones is 1. The molecule has 0 aromatic rings. The van der Waals surface area contributed by atoms with Crippen LogP contribution in [0.1, 0.15) is 71.1 Å². The number of amides is 2. The van der Waals surface area contributed by atoms with Gasteiger partial charge in [-0.3, -0.25) is 24.0 Å². The minimum Gasteiger partial charge on any atom is -0.481 e. The van der Waals surface area contributed by atoms with Gasteiger partial charge in [-0.2, -0.15) is 0 Å². The SMILES string of the molecule is CCOCCNC(=O)CCC(CC(=O)C1CCC(CNC(=O)CCCC(=O)O)CC1)C(=O)O. The van der Waals surface area contributed by atoms with Gasteiger partial charge in [0.1, 0.15) is 5.78 Å². The average molecular weight is 471 g/mol. The molecule has 10 heteroatoms. The first-order chi connectivity index (χ1) is 15.7. The lowest BCUT2D eigenvalue weighted by atomic mass is 9.78. The highest BCUT2D eigenvalue weighted by Crippen LogP contribution is 2.31. The molecule has 0 saturated heterocycles. The first-order valence-electron chi connectivity index (χ1n) is 11.8. The quantitative estimate of drug-likeness (QED) is 0.234. The molecule has 1 aliphatic rings. The fourth-order valence-electron chi connectivity index (χ4n) is 3.96. The summed E-state index contributed by atoms with van der Waals surface area (Å²) < 4.78 is 5.13. The summed E-state index contributed by atoms with van der Waals surface area (Å²) in [5.41, 5.74) is 0. The van der Waals surface area contributed by atoms with E-state index in [2.05, 4.69) is 10.6 Å². The zero-order valence-electron chi connectivity index (χ0n) is 19.5. The van der Waals surface area contributed by atoms with Crippen molar-refractivity contribution < 1.29 is 38.9 Å². The molecule has 0 spiro atoms. The van der Waals surface area contributed by atoms with Gasteiger partial charge in [-0.15, -0.1) is 0 Å². The number of Topliss-reactive ketones (excluding diaryl/α,β-unsaturated/α-hetero) is 1. The number of ether oxygens (including phenoxy) is 1. The summed E-state index contributed by atoms with van der Waals surface area (Å²) in [6.07, 6.45) is 3.40. The van der Waals surface area contributed by atoms with Crippen molar-refractivity contribution in [3.05, 3.63) is 0 Å². The molecule has 1 atom stereocenters. The molecule has 0 aliphatic heterocycles. The Labute approximate surface area is 194 Å². The van der Waals surface area contributed by atoms with Crippen LogP contribution < -0.4 is 10.6 Å². The molecule has 1 saturated carbocycles. The lowest BCUT2D eigenvalue weighted by molar-refractivity contribution is -0.145. The van der Waals surface area contributed by atoms with Gasteiger partial charge < -0.3 is 25.6 Å². The van der Waals surface area contributed by atoms with Crippen LogP contribution in [0.2, 0.25) is 0 Å². The van der Waals surface area contributed by atoms with E-state index in [4.69, 9.17) is 9.84 Å². The number of nitrogens with one attached hydrogen (secondary N) is 2. The molecule has 1 fully saturated rings. The smallest absolute Gasteiger partial charge is 0.306 e. The summed E-state index contributed by atoms with van der Waals surface area (Å²) in [5.74, 6) is -3.28. The Bertz CT molecular complexity index is 659. The summed E-state index contributed by atoms with van der Waals surface area (Å²) in [6, 6.07) is 0. The maximum atomic E-state index is 12.6. The maximum absolute atomic E-state index is 12.6. The number of rotatable bonds is 17. The number of carbonyl (C=O) groups excluding carboxylic acids is 3. The minimum atomic E-state index is -1.07. The summed E-state index contributed by atoms with van der Waals surface area (Å²) in [5, 5.41) is 23.6. The van der Waals surface area contributed by atoms with E-state index in [1.807, 2.05) is 6.92 Å². The van der Waals surface area contributed by atoms with E-state index < -0.39 is 17.9 Å². The lowest BCUT2D eigenvalue weighted by Gasteiger charge is -2.28. The van der Waals surface area contributed by atoms with Crippen LogP contribution in [-0.2, 0) is 28.7 Å². The predicted octanol–water partition coefficient (Wildman–Crippen LogP) is 1.76. The molecule has 33 heavy (non-hydrogen) atoms. The lowest BCUT2D eigenvalue weighted by Crippen LogP contribution is -2.33. The average Bonchev–Trinajstić information content (AvgIpc) is 2.77. The van der Waals surface area contributed by atoms with Crippen LogP contribution in [-0.4, -0.2) is 66.1 Å². The van der Waals surface area contributed by atoms with Crippen LogP contribution in [0, 0.1) is 17.8 Å². The standard InChI is InChI=1S/C23H38N2O8/c1-2-33-13-12-24-21(28)11-10-18(23(31)32)14-19(26)17-8-6-16(7-9-17)15-25-20(27)4-3-5-22(29)30/h16-18H,2-15H2,1H3,(H,24,28)(H,25,27)(H,29,30)(H,31,32). The molecule has 0 aromatic heterocycles. The first kappa shape index (κ1) is 28.5. The van der Waals surface area contributed by atoms with Crippen molar-refractivity contribution in [2.75, 3.05) is 26.3 Å². The normalized spacial score (nSPS) is 18.8. The molecule has 0 radical (unpaired) electrons. The highest BCUT2D eigenvalue weighted by molar-refractivity contribution is 5.86. The van der Waals surface area contributed by atoms with E-state index in [-0.39, 0.29) is 61.5 Å². The number of carboxylic acids is 2. The van der Waals surface area contributed by atoms with E-state index in [0.29, 0.717) is 45.6 Å². The summed E-state index contributed by atoms with van der Waals surface area (Å²) >= 11 is 0. The minimum absolute atomic E-state index is 0.0312. The van der Waals surface area contributed by atoms with Gasteiger partial charge in [-0.05, 0) is 51.4 Å². The summed E-state index contributed by atoms with van der Waals surface area (Å²) in [4.78, 5) is 58.3. The van der Waals surface area contributed by atoms with Crippen molar-refractivity contribution in [2.24, 2.45) is 17.8 Å². The Kier molecular flexibility index (Phi) is 14.0. The second kappa shape index (κ2) is 16.2. The molecular weight excluding hydrogens is 432 g/mol. The number of carbonyl (C=O) groups is 5. The van der Waals surface area contributed by atoms with Crippen LogP contribution >= 0.6 is 0 Å². The third-order valence-corrected chi connectivity index (χ3v) is 5.97. The Balaban J connectivity index is 2.30. The maximum Gasteiger partial charge on any atom is 0.306 e. The zero-order chi connectivity index (χ0) is 24.6. The van der Waals surface area contributed by atoms with Crippen molar-refractivity contribution in [3.8, 4) is 0 Å². The van der Waals surface area contributed by atoms with E-state index in [1.54, 1.807) is 0 Å². The Morgan fingerprint density at radius 2 is 1.61 bits per heavy atom. The van der Waals surface area contributed by atoms with Crippen molar-refractivity contribution in [1.82, 2.24) is 10.6 Å². The molecule has 0 bridgehead atoms. The van der Waals surface area contributed by atoms with Crippen molar-refractivity contribution in [3.63, 3.8) is 0 Å².